The van der Waals surface area contributed by atoms with Crippen LogP contribution in [0.4, 0.5) is 0 Å². The lowest BCUT2D eigenvalue weighted by Crippen LogP contribution is -2.08. The van der Waals surface area contributed by atoms with Crippen LogP contribution in [0.1, 0.15) is 15.9 Å². The smallest absolute Gasteiger partial charge is 0.340 e. The first-order valence-corrected chi connectivity index (χ1v) is 8.38. The maximum absolute atomic E-state index is 12.3. The van der Waals surface area contributed by atoms with Crippen molar-refractivity contribution in [2.75, 3.05) is 7.11 Å². The number of hydrogen-bond acceptors (Lipinski definition) is 5. The number of ether oxygens (including phenoxy) is 2. The molecular formula is C18H12BrClO5. The van der Waals surface area contributed by atoms with E-state index in [9.17, 15) is 9.59 Å². The summed E-state index contributed by atoms with van der Waals surface area (Å²) in [6.45, 7) is -0.0872. The highest BCUT2D eigenvalue weighted by Gasteiger charge is 2.14. The molecule has 2 aromatic carbocycles. The van der Waals surface area contributed by atoms with Crippen LogP contribution in [0, 0.1) is 0 Å². The van der Waals surface area contributed by atoms with Crippen molar-refractivity contribution in [1.29, 1.82) is 0 Å². The van der Waals surface area contributed by atoms with E-state index < -0.39 is 11.6 Å². The lowest BCUT2D eigenvalue weighted by atomic mass is 10.1. The number of carbonyl (C=O) groups excluding carboxylic acids is 1. The Hall–Kier alpha value is -2.31. The van der Waals surface area contributed by atoms with Gasteiger partial charge in [-0.1, -0.05) is 27.5 Å². The van der Waals surface area contributed by atoms with E-state index in [-0.39, 0.29) is 17.2 Å². The average molecular weight is 424 g/mol. The Morgan fingerprint density at radius 3 is 2.76 bits per heavy atom. The lowest BCUT2D eigenvalue weighted by molar-refractivity contribution is 0.0474. The van der Waals surface area contributed by atoms with Crippen LogP contribution in [0.3, 0.4) is 0 Å². The summed E-state index contributed by atoms with van der Waals surface area (Å²) < 4.78 is 16.3. The van der Waals surface area contributed by atoms with Gasteiger partial charge in [-0.2, -0.15) is 0 Å². The highest BCUT2D eigenvalue weighted by Crippen LogP contribution is 2.25. The maximum Gasteiger partial charge on any atom is 0.340 e. The normalized spacial score (nSPS) is 10.7. The Kier molecular flexibility index (Phi) is 5.11. The number of rotatable bonds is 4. The first-order valence-electron chi connectivity index (χ1n) is 7.21. The van der Waals surface area contributed by atoms with Crippen LogP contribution in [0.5, 0.6) is 5.75 Å². The van der Waals surface area contributed by atoms with Crippen molar-refractivity contribution < 1.29 is 18.7 Å². The lowest BCUT2D eigenvalue weighted by Gasteiger charge is -2.09. The molecule has 0 fully saturated rings. The minimum absolute atomic E-state index is 0.0872. The minimum atomic E-state index is -0.582. The number of methoxy groups -OCH3 is 1. The molecule has 0 atom stereocenters. The van der Waals surface area contributed by atoms with Crippen molar-refractivity contribution in [2.45, 2.75) is 6.61 Å². The summed E-state index contributed by atoms with van der Waals surface area (Å²) in [6.07, 6.45) is 0. The van der Waals surface area contributed by atoms with Crippen LogP contribution in [0.2, 0.25) is 5.02 Å². The summed E-state index contributed by atoms with van der Waals surface area (Å²) >= 11 is 9.31. The SMILES string of the molecule is COc1ccc2c(COC(=O)c3cc(Br)ccc3Cl)cc(=O)oc2c1. The quantitative estimate of drug-likeness (QED) is 0.454. The second-order valence-corrected chi connectivity index (χ2v) is 6.48. The van der Waals surface area contributed by atoms with Crippen LogP contribution in [0.25, 0.3) is 11.0 Å². The molecule has 0 aliphatic rings. The van der Waals surface area contributed by atoms with Crippen molar-refractivity contribution in [3.05, 3.63) is 73.5 Å². The van der Waals surface area contributed by atoms with Gasteiger partial charge in [0.05, 0.1) is 17.7 Å². The van der Waals surface area contributed by atoms with Crippen LogP contribution in [0.15, 0.2) is 56.1 Å². The van der Waals surface area contributed by atoms with Gasteiger partial charge in [0, 0.05) is 27.6 Å². The van der Waals surface area contributed by atoms with Gasteiger partial charge in [0.1, 0.15) is 17.9 Å². The fraction of sp³-hybridized carbons (Fsp3) is 0.111. The Morgan fingerprint density at radius 2 is 2.00 bits per heavy atom. The molecule has 3 aromatic rings. The Morgan fingerprint density at radius 1 is 1.20 bits per heavy atom. The third kappa shape index (κ3) is 3.86. The van der Waals surface area contributed by atoms with E-state index in [4.69, 9.17) is 25.5 Å². The third-order valence-electron chi connectivity index (χ3n) is 3.54. The van der Waals surface area contributed by atoms with Crippen LogP contribution in [-0.4, -0.2) is 13.1 Å². The Balaban J connectivity index is 1.89. The zero-order valence-electron chi connectivity index (χ0n) is 13.0. The fourth-order valence-corrected chi connectivity index (χ4v) is 2.89. The van der Waals surface area contributed by atoms with Crippen molar-refractivity contribution in [3.63, 3.8) is 0 Å². The molecule has 0 saturated heterocycles. The molecule has 25 heavy (non-hydrogen) atoms. The number of esters is 1. The second kappa shape index (κ2) is 7.29. The molecule has 1 aromatic heterocycles. The third-order valence-corrected chi connectivity index (χ3v) is 4.37. The van der Waals surface area contributed by atoms with Gasteiger partial charge in [0.25, 0.3) is 0 Å². The molecule has 1 heterocycles. The topological polar surface area (TPSA) is 65.7 Å². The summed E-state index contributed by atoms with van der Waals surface area (Å²) in [5, 5.41) is 0.948. The summed E-state index contributed by atoms with van der Waals surface area (Å²) in [4.78, 5) is 24.0. The predicted molar refractivity (Wildman–Crippen MR) is 97.3 cm³/mol. The molecule has 0 radical (unpaired) electrons. The zero-order chi connectivity index (χ0) is 18.0. The van der Waals surface area contributed by atoms with Crippen LogP contribution in [-0.2, 0) is 11.3 Å². The molecule has 0 aliphatic heterocycles. The first-order chi connectivity index (χ1) is 12.0. The van der Waals surface area contributed by atoms with Gasteiger partial charge in [-0.15, -0.1) is 0 Å². The first kappa shape index (κ1) is 17.5. The molecule has 0 bridgehead atoms. The number of halogens is 2. The van der Waals surface area contributed by atoms with Crippen molar-refractivity contribution in [3.8, 4) is 5.75 Å². The van der Waals surface area contributed by atoms with Crippen molar-refractivity contribution in [2.24, 2.45) is 0 Å². The van der Waals surface area contributed by atoms with E-state index in [1.165, 1.54) is 13.2 Å². The molecule has 0 spiro atoms. The van der Waals surface area contributed by atoms with E-state index in [2.05, 4.69) is 15.9 Å². The van der Waals surface area contributed by atoms with Crippen LogP contribution >= 0.6 is 27.5 Å². The van der Waals surface area contributed by atoms with Crippen molar-refractivity contribution >= 4 is 44.5 Å². The van der Waals surface area contributed by atoms with Gasteiger partial charge >= 0.3 is 11.6 Å². The van der Waals surface area contributed by atoms with Gasteiger partial charge in [0.15, 0.2) is 0 Å². The van der Waals surface area contributed by atoms with Gasteiger partial charge in [0.2, 0.25) is 0 Å². The largest absolute Gasteiger partial charge is 0.497 e. The summed E-state index contributed by atoms with van der Waals surface area (Å²) in [5.41, 5.74) is 0.601. The molecule has 0 saturated carbocycles. The van der Waals surface area contributed by atoms with Gasteiger partial charge in [-0.3, -0.25) is 0 Å². The predicted octanol–water partition coefficient (Wildman–Crippen LogP) is 4.57. The zero-order valence-corrected chi connectivity index (χ0v) is 15.4. The second-order valence-electron chi connectivity index (χ2n) is 5.15. The van der Waals surface area contributed by atoms with E-state index in [0.717, 1.165) is 0 Å². The summed E-state index contributed by atoms with van der Waals surface area (Å²) in [6, 6.07) is 11.3. The molecule has 0 N–H and O–H groups in total. The number of benzene rings is 2. The highest BCUT2D eigenvalue weighted by atomic mass is 79.9. The summed E-state index contributed by atoms with van der Waals surface area (Å²) in [7, 11) is 1.52. The van der Waals surface area contributed by atoms with Crippen LogP contribution < -0.4 is 10.4 Å². The number of fused-ring (bicyclic) bond motifs is 1. The molecule has 3 rings (SSSR count). The minimum Gasteiger partial charge on any atom is -0.497 e. The van der Waals surface area contributed by atoms with Gasteiger partial charge in [-0.05, 0) is 30.3 Å². The summed E-state index contributed by atoms with van der Waals surface area (Å²) in [5.74, 6) is -0.0214. The van der Waals surface area contributed by atoms with Crippen molar-refractivity contribution in [1.82, 2.24) is 0 Å². The van der Waals surface area contributed by atoms with Gasteiger partial charge in [-0.25, -0.2) is 9.59 Å². The Labute approximate surface area is 156 Å². The number of hydrogen-bond donors (Lipinski definition) is 0. The van der Waals surface area contributed by atoms with E-state index in [0.29, 0.717) is 26.8 Å². The highest BCUT2D eigenvalue weighted by molar-refractivity contribution is 9.10. The maximum atomic E-state index is 12.3. The van der Waals surface area contributed by atoms with E-state index in [1.807, 2.05) is 0 Å². The standard InChI is InChI=1S/C18H12BrClO5/c1-23-12-3-4-13-10(6-17(21)25-16(13)8-12)9-24-18(22)14-7-11(19)2-5-15(14)20/h2-8H,9H2,1H3. The average Bonchev–Trinajstić information content (AvgIpc) is 2.60. The van der Waals surface area contributed by atoms with E-state index in [1.54, 1.807) is 36.4 Å². The molecule has 0 aliphatic carbocycles. The number of carbonyl (C=O) groups is 1. The van der Waals surface area contributed by atoms with Gasteiger partial charge < -0.3 is 13.9 Å². The molecule has 0 amide bonds. The van der Waals surface area contributed by atoms with E-state index >= 15 is 0 Å². The molecular weight excluding hydrogens is 412 g/mol. The molecule has 5 nitrogen and oxygen atoms in total. The monoisotopic (exact) mass is 422 g/mol. The molecule has 7 heteroatoms. The molecule has 128 valence electrons. The molecule has 0 unspecified atom stereocenters. The fourth-order valence-electron chi connectivity index (χ4n) is 2.33. The Bertz CT molecular complexity index is 1010.